The van der Waals surface area contributed by atoms with E-state index in [2.05, 4.69) is 5.09 Å². The Morgan fingerprint density at radius 3 is 2.39 bits per heavy atom. The summed E-state index contributed by atoms with van der Waals surface area (Å²) in [6.45, 7) is 11.4. The molecule has 28 heavy (non-hydrogen) atoms. The number of rotatable bonds is 10. The van der Waals surface area contributed by atoms with Gasteiger partial charge < -0.3 is 28.9 Å². The summed E-state index contributed by atoms with van der Waals surface area (Å²) in [6.07, 6.45) is -2.37. The molecule has 0 aromatic rings. The minimum absolute atomic E-state index is 0.0446. The molecule has 2 heterocycles. The minimum atomic E-state index is -4.11. The molecule has 3 unspecified atom stereocenters. The van der Waals surface area contributed by atoms with Crippen molar-refractivity contribution in [1.82, 2.24) is 5.09 Å². The van der Waals surface area contributed by atoms with Crippen LogP contribution in [0.4, 0.5) is 0 Å². The molecule has 0 spiro atoms. The lowest BCUT2D eigenvalue weighted by atomic mass is 10.1. The zero-order valence-corrected chi connectivity index (χ0v) is 18.5. The first-order valence-electron chi connectivity index (χ1n) is 9.99. The van der Waals surface area contributed by atoms with E-state index in [1.54, 1.807) is 6.92 Å². The van der Waals surface area contributed by atoms with E-state index in [1.807, 2.05) is 34.6 Å². The van der Waals surface area contributed by atoms with Gasteiger partial charge in [-0.3, -0.25) is 4.52 Å². The molecule has 0 amide bonds. The number of aliphatic hydroxyl groups excluding tert-OH is 1. The van der Waals surface area contributed by atoms with Gasteiger partial charge in [0.05, 0.1) is 43.7 Å². The van der Waals surface area contributed by atoms with E-state index in [4.69, 9.17) is 23.5 Å². The Labute approximate surface area is 167 Å². The topological polar surface area (TPSA) is 116 Å². The second-order valence-corrected chi connectivity index (χ2v) is 9.73. The van der Waals surface area contributed by atoms with Crippen LogP contribution in [0.1, 0.15) is 48.0 Å². The molecule has 2 aliphatic heterocycles. The van der Waals surface area contributed by atoms with Crippen LogP contribution in [0.25, 0.3) is 0 Å². The predicted molar refractivity (Wildman–Crippen MR) is 103 cm³/mol. The summed E-state index contributed by atoms with van der Waals surface area (Å²) < 4.78 is 40.6. The zero-order chi connectivity index (χ0) is 21.1. The Hall–Kier alpha value is -0.0900. The van der Waals surface area contributed by atoms with Crippen LogP contribution in [-0.4, -0.2) is 78.1 Å². The van der Waals surface area contributed by atoms with Crippen molar-refractivity contribution in [3.63, 3.8) is 0 Å². The van der Waals surface area contributed by atoms with Gasteiger partial charge in [0.1, 0.15) is 18.3 Å². The highest BCUT2D eigenvalue weighted by Crippen LogP contribution is 2.41. The lowest BCUT2D eigenvalue weighted by Gasteiger charge is -2.26. The lowest BCUT2D eigenvalue weighted by Crippen LogP contribution is -2.40. The molecule has 2 fully saturated rings. The molecule has 10 heteroatoms. The van der Waals surface area contributed by atoms with Crippen LogP contribution in [0.5, 0.6) is 0 Å². The monoisotopic (exact) mass is 425 g/mol. The van der Waals surface area contributed by atoms with Gasteiger partial charge in [0.15, 0.2) is 0 Å². The van der Waals surface area contributed by atoms with Crippen LogP contribution < -0.4 is 5.09 Å². The highest BCUT2D eigenvalue weighted by molar-refractivity contribution is 7.50. The first-order valence-corrected chi connectivity index (χ1v) is 11.6. The van der Waals surface area contributed by atoms with E-state index < -0.39 is 32.2 Å². The van der Waals surface area contributed by atoms with E-state index in [1.165, 1.54) is 0 Å². The summed E-state index contributed by atoms with van der Waals surface area (Å²) in [4.78, 5) is 10.3. The average molecular weight is 425 g/mol. The maximum atomic E-state index is 12.6. The molecule has 2 rings (SSSR count). The van der Waals surface area contributed by atoms with Crippen LogP contribution in [0.15, 0.2) is 0 Å². The molecule has 166 valence electrons. The smallest absolute Gasteiger partial charge is 0.388 e. The van der Waals surface area contributed by atoms with Gasteiger partial charge in [-0.2, -0.15) is 0 Å². The second kappa shape index (κ2) is 10.3. The summed E-state index contributed by atoms with van der Waals surface area (Å²) in [6, 6.07) is -0.360. The molecule has 2 aliphatic rings. The Morgan fingerprint density at radius 1 is 1.11 bits per heavy atom. The van der Waals surface area contributed by atoms with Crippen LogP contribution in [0.2, 0.25) is 0 Å². The Kier molecular flexibility index (Phi) is 8.88. The number of aliphatic hydroxyl groups is 1. The zero-order valence-electron chi connectivity index (χ0n) is 17.6. The van der Waals surface area contributed by atoms with Crippen molar-refractivity contribution < 1.29 is 38.0 Å². The highest BCUT2D eigenvalue weighted by Gasteiger charge is 2.44. The highest BCUT2D eigenvalue weighted by atomic mass is 31.2. The Bertz CT molecular complexity index is 534. The predicted octanol–water partition coefficient (Wildman–Crippen LogP) is 1.61. The Balaban J connectivity index is 1.90. The number of nitrogens with one attached hydrogen (secondary N) is 1. The molecule has 0 saturated carbocycles. The minimum Gasteiger partial charge on any atom is -0.388 e. The maximum Gasteiger partial charge on any atom is 0.403 e. The van der Waals surface area contributed by atoms with Gasteiger partial charge in [0.2, 0.25) is 0 Å². The molecule has 0 aromatic heterocycles. The molecule has 8 atom stereocenters. The van der Waals surface area contributed by atoms with Gasteiger partial charge in [-0.1, -0.05) is 0 Å². The SMILES string of the molecule is CC(C)OC[C@H]1O[C@@H](C)CC1NP(=O)(O)OC[C@H]1O[C@@H](C)[C@H](O)C1OC(C)C. The third kappa shape index (κ3) is 7.00. The molecule has 0 radical (unpaired) electrons. The Morgan fingerprint density at radius 2 is 1.79 bits per heavy atom. The van der Waals surface area contributed by atoms with E-state index in [9.17, 15) is 14.6 Å². The number of hydrogen-bond donors (Lipinski definition) is 3. The van der Waals surface area contributed by atoms with Gasteiger partial charge >= 0.3 is 7.75 Å². The molecule has 0 aliphatic carbocycles. The second-order valence-electron chi connectivity index (χ2n) is 8.17. The van der Waals surface area contributed by atoms with E-state index in [0.717, 1.165) is 0 Å². The van der Waals surface area contributed by atoms with Crippen molar-refractivity contribution >= 4 is 7.75 Å². The van der Waals surface area contributed by atoms with Gasteiger partial charge in [-0.15, -0.1) is 0 Å². The lowest BCUT2D eigenvalue weighted by molar-refractivity contribution is -0.0759. The van der Waals surface area contributed by atoms with Gasteiger partial charge in [-0.05, 0) is 48.0 Å². The first-order chi connectivity index (χ1) is 13.0. The van der Waals surface area contributed by atoms with Crippen LogP contribution in [-0.2, 0) is 28.0 Å². The van der Waals surface area contributed by atoms with E-state index in [0.29, 0.717) is 13.0 Å². The van der Waals surface area contributed by atoms with Crippen molar-refractivity contribution in [3.05, 3.63) is 0 Å². The largest absolute Gasteiger partial charge is 0.403 e. The van der Waals surface area contributed by atoms with Crippen molar-refractivity contribution in [1.29, 1.82) is 0 Å². The fourth-order valence-electron chi connectivity index (χ4n) is 3.50. The molecule has 2 saturated heterocycles. The normalized spacial score (nSPS) is 38.4. The van der Waals surface area contributed by atoms with Crippen LogP contribution in [0, 0.1) is 0 Å². The third-order valence-electron chi connectivity index (χ3n) is 4.78. The quantitative estimate of drug-likeness (QED) is 0.449. The summed E-state index contributed by atoms with van der Waals surface area (Å²) in [5.41, 5.74) is 0. The van der Waals surface area contributed by atoms with Crippen molar-refractivity contribution in [2.75, 3.05) is 13.2 Å². The number of hydrogen-bond acceptors (Lipinski definition) is 7. The van der Waals surface area contributed by atoms with E-state index in [-0.39, 0.29) is 37.1 Å². The van der Waals surface area contributed by atoms with Crippen molar-refractivity contribution in [2.45, 2.75) is 103 Å². The molecule has 0 bridgehead atoms. The van der Waals surface area contributed by atoms with Crippen molar-refractivity contribution in [3.8, 4) is 0 Å². The molecular weight excluding hydrogens is 389 g/mol. The van der Waals surface area contributed by atoms with Crippen molar-refractivity contribution in [2.24, 2.45) is 0 Å². The summed E-state index contributed by atoms with van der Waals surface area (Å²) in [5, 5.41) is 12.9. The van der Waals surface area contributed by atoms with Gasteiger partial charge in [0.25, 0.3) is 0 Å². The molecule has 9 nitrogen and oxygen atoms in total. The third-order valence-corrected chi connectivity index (χ3v) is 5.94. The average Bonchev–Trinajstić information content (AvgIpc) is 3.04. The van der Waals surface area contributed by atoms with E-state index >= 15 is 0 Å². The van der Waals surface area contributed by atoms with Gasteiger partial charge in [0, 0.05) is 6.04 Å². The molecule has 0 aromatic carbocycles. The van der Waals surface area contributed by atoms with Crippen LogP contribution >= 0.6 is 7.75 Å². The standard InChI is InChI=1S/C18H36NO8P/c1-10(2)23-8-15-14(7-12(5)26-15)19-28(21,22)24-9-16-18(25-11(3)4)17(20)13(6)27-16/h10-18,20H,7-9H2,1-6H3,(H2,19,21,22)/t12-,13-,14?,15+,16+,17-,18?/m0/s1. The first kappa shape index (κ1) is 24.2. The summed E-state index contributed by atoms with van der Waals surface area (Å²) in [5.74, 6) is 0. The van der Waals surface area contributed by atoms with Gasteiger partial charge in [-0.25, -0.2) is 9.65 Å². The van der Waals surface area contributed by atoms with Crippen LogP contribution in [0.3, 0.4) is 0 Å². The summed E-state index contributed by atoms with van der Waals surface area (Å²) in [7, 11) is -4.11. The molecular formula is C18H36NO8P. The maximum absolute atomic E-state index is 12.6. The fourth-order valence-corrected chi connectivity index (χ4v) is 4.61. The number of ether oxygens (including phenoxy) is 4. The fraction of sp³-hybridized carbons (Fsp3) is 1.00. The molecule has 3 N–H and O–H groups in total. The summed E-state index contributed by atoms with van der Waals surface area (Å²) >= 11 is 0.